The van der Waals surface area contributed by atoms with Crippen LogP contribution < -0.4 is 10.6 Å². The van der Waals surface area contributed by atoms with E-state index in [1.165, 1.54) is 5.56 Å². The van der Waals surface area contributed by atoms with E-state index in [-0.39, 0.29) is 6.10 Å². The van der Waals surface area contributed by atoms with E-state index in [9.17, 15) is 9.59 Å². The van der Waals surface area contributed by atoms with Crippen LogP contribution in [0.5, 0.6) is 5.75 Å². The highest BCUT2D eigenvalue weighted by Crippen LogP contribution is 2.11. The molecule has 0 fully saturated rings. The molecule has 4 N–H and O–H groups in total. The van der Waals surface area contributed by atoms with Crippen molar-refractivity contribution in [1.29, 1.82) is 0 Å². The summed E-state index contributed by atoms with van der Waals surface area (Å²) in [6.07, 6.45) is 1.10. The van der Waals surface area contributed by atoms with E-state index in [4.69, 9.17) is 25.5 Å². The number of aliphatic carboxylic acids is 2. The number of nitrogens with two attached hydrogens (primary N) is 1. The average molecular weight is 340 g/mol. The van der Waals surface area contributed by atoms with Crippen LogP contribution in [0.2, 0.25) is 0 Å². The van der Waals surface area contributed by atoms with Crippen molar-refractivity contribution in [2.75, 3.05) is 27.3 Å². The molecule has 1 atom stereocenters. The van der Waals surface area contributed by atoms with E-state index in [1.807, 2.05) is 31.2 Å². The van der Waals surface area contributed by atoms with Crippen molar-refractivity contribution in [3.8, 4) is 5.75 Å². The standard InChI is InChI=1S/C12H20N2O2.C4H4O4/c1-10-4-6-11(7-5-10)16-9-12(15-3)8-14(2)13;5-3(6)1-2-4(7)8/h4-7,12H,8-9,13H2,1-3H3;1-2H,(H,5,6)(H,7,8)/b;2-1+. The molecule has 0 bridgehead atoms. The molecule has 134 valence electrons. The number of carboxylic acid groups (broad SMARTS) is 2. The Hall–Kier alpha value is -2.42. The lowest BCUT2D eigenvalue weighted by Gasteiger charge is -2.19. The maximum atomic E-state index is 9.55. The van der Waals surface area contributed by atoms with E-state index >= 15 is 0 Å². The second-order valence-electron chi connectivity index (χ2n) is 4.93. The molecule has 0 aliphatic carbocycles. The van der Waals surface area contributed by atoms with Gasteiger partial charge in [-0.15, -0.1) is 0 Å². The normalized spacial score (nSPS) is 11.7. The monoisotopic (exact) mass is 340 g/mol. The number of carbonyl (C=O) groups is 2. The highest BCUT2D eigenvalue weighted by atomic mass is 16.5. The summed E-state index contributed by atoms with van der Waals surface area (Å²) in [5, 5.41) is 17.2. The van der Waals surface area contributed by atoms with Crippen molar-refractivity contribution >= 4 is 11.9 Å². The van der Waals surface area contributed by atoms with E-state index < -0.39 is 11.9 Å². The molecular weight excluding hydrogens is 316 g/mol. The van der Waals surface area contributed by atoms with Crippen LogP contribution in [-0.2, 0) is 14.3 Å². The molecule has 0 aromatic heterocycles. The largest absolute Gasteiger partial charge is 0.491 e. The molecule has 0 saturated heterocycles. The summed E-state index contributed by atoms with van der Waals surface area (Å²) in [4.78, 5) is 19.1. The summed E-state index contributed by atoms with van der Waals surface area (Å²) in [7, 11) is 3.46. The Balaban J connectivity index is 0.000000561. The van der Waals surface area contributed by atoms with Crippen LogP contribution >= 0.6 is 0 Å². The van der Waals surface area contributed by atoms with E-state index in [0.717, 1.165) is 5.75 Å². The highest BCUT2D eigenvalue weighted by molar-refractivity contribution is 5.89. The summed E-state index contributed by atoms with van der Waals surface area (Å²) in [6, 6.07) is 7.95. The second kappa shape index (κ2) is 12.1. The van der Waals surface area contributed by atoms with E-state index in [2.05, 4.69) is 0 Å². The fourth-order valence-corrected chi connectivity index (χ4v) is 1.48. The van der Waals surface area contributed by atoms with Crippen LogP contribution in [0.4, 0.5) is 0 Å². The van der Waals surface area contributed by atoms with Crippen LogP contribution in [0.15, 0.2) is 36.4 Å². The van der Waals surface area contributed by atoms with Gasteiger partial charge in [-0.05, 0) is 19.1 Å². The fourth-order valence-electron chi connectivity index (χ4n) is 1.48. The van der Waals surface area contributed by atoms with Gasteiger partial charge in [-0.1, -0.05) is 17.7 Å². The first-order chi connectivity index (χ1) is 11.2. The molecule has 8 heteroatoms. The lowest BCUT2D eigenvalue weighted by molar-refractivity contribution is -0.134. The van der Waals surface area contributed by atoms with Crippen molar-refractivity contribution in [3.63, 3.8) is 0 Å². The SMILES string of the molecule is COC(COc1ccc(C)cc1)CN(C)N.O=C(O)/C=C/C(=O)O. The number of carboxylic acids is 2. The Kier molecular flexibility index (Phi) is 10.8. The third kappa shape index (κ3) is 12.2. The summed E-state index contributed by atoms with van der Waals surface area (Å²) < 4.78 is 10.9. The fraction of sp³-hybridized carbons (Fsp3) is 0.375. The van der Waals surface area contributed by atoms with Crippen molar-refractivity contribution in [1.82, 2.24) is 5.01 Å². The number of nitrogens with zero attached hydrogens (tertiary/aromatic N) is 1. The predicted molar refractivity (Wildman–Crippen MR) is 88.7 cm³/mol. The Morgan fingerprint density at radius 2 is 1.71 bits per heavy atom. The first-order valence-corrected chi connectivity index (χ1v) is 7.06. The number of aryl methyl sites for hydroxylation is 1. The first kappa shape index (κ1) is 21.6. The van der Waals surface area contributed by atoms with Gasteiger partial charge in [-0.25, -0.2) is 14.6 Å². The van der Waals surface area contributed by atoms with Gasteiger partial charge in [0.05, 0.1) is 0 Å². The number of hydrazine groups is 1. The molecule has 8 nitrogen and oxygen atoms in total. The highest BCUT2D eigenvalue weighted by Gasteiger charge is 2.09. The van der Waals surface area contributed by atoms with Crippen LogP contribution in [0.3, 0.4) is 0 Å². The third-order valence-corrected chi connectivity index (χ3v) is 2.65. The first-order valence-electron chi connectivity index (χ1n) is 7.06. The Labute approximate surface area is 141 Å². The topological polar surface area (TPSA) is 122 Å². The molecule has 1 rings (SSSR count). The molecule has 1 aromatic carbocycles. The van der Waals surface area contributed by atoms with Gasteiger partial charge in [0.25, 0.3) is 0 Å². The van der Waals surface area contributed by atoms with Crippen molar-refractivity contribution in [2.45, 2.75) is 13.0 Å². The summed E-state index contributed by atoms with van der Waals surface area (Å²) in [6.45, 7) is 3.19. The molecule has 0 heterocycles. The van der Waals surface area contributed by atoms with Gasteiger partial charge in [0.15, 0.2) is 0 Å². The number of ether oxygens (including phenoxy) is 2. The van der Waals surface area contributed by atoms with Gasteiger partial charge >= 0.3 is 11.9 Å². The number of rotatable bonds is 8. The zero-order valence-corrected chi connectivity index (χ0v) is 14.0. The maximum absolute atomic E-state index is 9.55. The van der Waals surface area contributed by atoms with Crippen molar-refractivity contribution in [3.05, 3.63) is 42.0 Å². The molecule has 0 amide bonds. The number of hydrogen-bond acceptors (Lipinski definition) is 6. The van der Waals surface area contributed by atoms with E-state index in [1.54, 1.807) is 19.2 Å². The second-order valence-corrected chi connectivity index (χ2v) is 4.93. The zero-order valence-electron chi connectivity index (χ0n) is 14.0. The van der Waals surface area contributed by atoms with Crippen LogP contribution in [-0.4, -0.2) is 60.6 Å². The minimum Gasteiger partial charge on any atom is -0.491 e. The summed E-state index contributed by atoms with van der Waals surface area (Å²) in [5.41, 5.74) is 1.22. The minimum absolute atomic E-state index is 0.0173. The Morgan fingerprint density at radius 3 is 2.08 bits per heavy atom. The lowest BCUT2D eigenvalue weighted by atomic mass is 10.2. The zero-order chi connectivity index (χ0) is 18.5. The van der Waals surface area contributed by atoms with Gasteiger partial charge < -0.3 is 19.7 Å². The molecular formula is C16H24N2O6. The Morgan fingerprint density at radius 1 is 1.21 bits per heavy atom. The molecule has 0 spiro atoms. The number of benzene rings is 1. The average Bonchev–Trinajstić information content (AvgIpc) is 2.51. The minimum atomic E-state index is -1.26. The van der Waals surface area contributed by atoms with Crippen molar-refractivity contribution in [2.24, 2.45) is 5.84 Å². The van der Waals surface area contributed by atoms with Gasteiger partial charge in [-0.3, -0.25) is 5.84 Å². The molecule has 24 heavy (non-hydrogen) atoms. The van der Waals surface area contributed by atoms with Crippen LogP contribution in [0.1, 0.15) is 5.56 Å². The molecule has 0 aliphatic rings. The van der Waals surface area contributed by atoms with Gasteiger partial charge in [0.2, 0.25) is 0 Å². The van der Waals surface area contributed by atoms with Crippen molar-refractivity contribution < 1.29 is 29.3 Å². The van der Waals surface area contributed by atoms with Crippen LogP contribution in [0.25, 0.3) is 0 Å². The predicted octanol–water partition coefficient (Wildman–Crippen LogP) is 0.906. The molecule has 0 saturated carbocycles. The summed E-state index contributed by atoms with van der Waals surface area (Å²) in [5.74, 6) is 3.90. The van der Waals surface area contributed by atoms with Gasteiger partial charge in [-0.2, -0.15) is 0 Å². The van der Waals surface area contributed by atoms with Crippen LogP contribution in [0, 0.1) is 6.92 Å². The molecule has 0 aliphatic heterocycles. The Bertz CT molecular complexity index is 512. The number of hydrogen-bond donors (Lipinski definition) is 3. The van der Waals surface area contributed by atoms with E-state index in [0.29, 0.717) is 25.3 Å². The molecule has 1 unspecified atom stereocenters. The quantitative estimate of drug-likeness (QED) is 0.362. The molecule has 0 radical (unpaired) electrons. The number of methoxy groups -OCH3 is 1. The molecule has 1 aromatic rings. The summed E-state index contributed by atoms with van der Waals surface area (Å²) >= 11 is 0. The maximum Gasteiger partial charge on any atom is 0.328 e. The third-order valence-electron chi connectivity index (χ3n) is 2.65. The van der Waals surface area contributed by atoms with Gasteiger partial charge in [0, 0.05) is 32.9 Å². The number of likely N-dealkylation sites (N-methyl/N-ethyl adjacent to an activating group) is 1. The lowest BCUT2D eigenvalue weighted by Crippen LogP contribution is -2.38. The smallest absolute Gasteiger partial charge is 0.328 e. The van der Waals surface area contributed by atoms with Gasteiger partial charge in [0.1, 0.15) is 18.5 Å².